The maximum atomic E-state index is 12.4. The van der Waals surface area contributed by atoms with Crippen molar-refractivity contribution in [3.8, 4) is 0 Å². The van der Waals surface area contributed by atoms with Crippen LogP contribution in [0.4, 0.5) is 0 Å². The lowest BCUT2D eigenvalue weighted by molar-refractivity contribution is 0.0193. The number of ether oxygens (including phenoxy) is 1. The Balaban J connectivity index is 1.69. The van der Waals surface area contributed by atoms with E-state index in [1.807, 2.05) is 68.4 Å². The number of aliphatic hydroxyl groups is 1. The van der Waals surface area contributed by atoms with Crippen LogP contribution in [0, 0.1) is 5.92 Å². The highest BCUT2D eigenvalue weighted by atomic mass is 16.5. The molecule has 3 aromatic rings. The lowest BCUT2D eigenvalue weighted by atomic mass is 10.0. The number of aromatic nitrogens is 2. The highest BCUT2D eigenvalue weighted by Crippen LogP contribution is 2.21. The number of hydrogen-bond donors (Lipinski definition) is 1. The highest BCUT2D eigenvalue weighted by Gasteiger charge is 2.20. The first-order chi connectivity index (χ1) is 12.6. The number of benzene rings is 2. The molecule has 0 saturated carbocycles. The summed E-state index contributed by atoms with van der Waals surface area (Å²) in [6, 6.07) is 17.4. The fraction of sp³-hybridized carbons (Fsp3) is 0.333. The van der Waals surface area contributed by atoms with Crippen molar-refractivity contribution in [3.05, 3.63) is 65.9 Å². The summed E-state index contributed by atoms with van der Waals surface area (Å²) in [7, 11) is 0. The van der Waals surface area contributed by atoms with Crippen LogP contribution in [0.3, 0.4) is 0 Å². The Morgan fingerprint density at radius 1 is 1.12 bits per heavy atom. The van der Waals surface area contributed by atoms with Gasteiger partial charge in [0.15, 0.2) is 5.78 Å². The molecule has 0 fully saturated rings. The third kappa shape index (κ3) is 4.18. The van der Waals surface area contributed by atoms with Gasteiger partial charge >= 0.3 is 0 Å². The second-order valence-corrected chi connectivity index (χ2v) is 6.72. The number of nitrogens with zero attached hydrogens (tertiary/aromatic N) is 2. The van der Waals surface area contributed by atoms with Crippen LogP contribution in [0.2, 0.25) is 0 Å². The van der Waals surface area contributed by atoms with Gasteiger partial charge in [-0.25, -0.2) is 0 Å². The van der Waals surface area contributed by atoms with E-state index in [9.17, 15) is 9.90 Å². The normalized spacial score (nSPS) is 12.6. The second kappa shape index (κ2) is 8.25. The number of carbonyl (C=O) groups excluding carboxylic acids is 1. The molecule has 0 saturated heterocycles. The van der Waals surface area contributed by atoms with Crippen LogP contribution < -0.4 is 0 Å². The molecular weight excluding hydrogens is 328 g/mol. The molecule has 0 radical (unpaired) electrons. The third-order valence-electron chi connectivity index (χ3n) is 4.22. The Labute approximate surface area is 153 Å². The van der Waals surface area contributed by atoms with E-state index in [4.69, 9.17) is 4.74 Å². The molecule has 1 atom stereocenters. The van der Waals surface area contributed by atoms with Crippen molar-refractivity contribution < 1.29 is 14.6 Å². The minimum Gasteiger partial charge on any atom is -0.389 e. The van der Waals surface area contributed by atoms with Crippen LogP contribution in [-0.4, -0.2) is 33.4 Å². The molecule has 0 amide bonds. The van der Waals surface area contributed by atoms with E-state index in [0.717, 1.165) is 16.5 Å². The Bertz CT molecular complexity index is 871. The fourth-order valence-corrected chi connectivity index (χ4v) is 2.86. The van der Waals surface area contributed by atoms with Crippen molar-refractivity contribution in [2.45, 2.75) is 33.1 Å². The van der Waals surface area contributed by atoms with Gasteiger partial charge in [-0.1, -0.05) is 62.4 Å². The molecule has 0 aliphatic heterocycles. The minimum atomic E-state index is -0.705. The van der Waals surface area contributed by atoms with Crippen LogP contribution in [-0.2, 0) is 17.9 Å². The molecule has 5 nitrogen and oxygen atoms in total. The molecule has 0 bridgehead atoms. The van der Waals surface area contributed by atoms with E-state index in [1.54, 1.807) is 4.68 Å². The van der Waals surface area contributed by atoms with E-state index in [1.165, 1.54) is 0 Å². The van der Waals surface area contributed by atoms with E-state index >= 15 is 0 Å². The Hall–Kier alpha value is -2.50. The monoisotopic (exact) mass is 352 g/mol. The number of aliphatic hydroxyl groups excluding tert-OH is 1. The van der Waals surface area contributed by atoms with Crippen molar-refractivity contribution in [3.63, 3.8) is 0 Å². The zero-order valence-corrected chi connectivity index (χ0v) is 15.1. The van der Waals surface area contributed by atoms with Gasteiger partial charge in [0.05, 0.1) is 31.4 Å². The number of rotatable bonds is 8. The number of Topliss-reactive ketones (excluding diaryl/α,β-unsaturated/α-hetero) is 1. The molecule has 0 aliphatic carbocycles. The summed E-state index contributed by atoms with van der Waals surface area (Å²) in [5.74, 6) is -0.115. The first kappa shape index (κ1) is 18.3. The predicted molar refractivity (Wildman–Crippen MR) is 101 cm³/mol. The molecule has 136 valence electrons. The van der Waals surface area contributed by atoms with Gasteiger partial charge in [0.25, 0.3) is 0 Å². The fourth-order valence-electron chi connectivity index (χ4n) is 2.86. The van der Waals surface area contributed by atoms with Crippen molar-refractivity contribution in [1.29, 1.82) is 0 Å². The molecule has 1 N–H and O–H groups in total. The summed E-state index contributed by atoms with van der Waals surface area (Å²) >= 11 is 0. The van der Waals surface area contributed by atoms with Crippen LogP contribution in [0.5, 0.6) is 0 Å². The highest BCUT2D eigenvalue weighted by molar-refractivity contribution is 6.06. The van der Waals surface area contributed by atoms with Gasteiger partial charge in [0, 0.05) is 11.3 Å². The molecular formula is C21H24N2O3. The smallest absolute Gasteiger partial charge is 0.186 e. The van der Waals surface area contributed by atoms with Gasteiger partial charge in [-0.05, 0) is 11.6 Å². The molecule has 1 heterocycles. The Kier molecular flexibility index (Phi) is 5.81. The van der Waals surface area contributed by atoms with Crippen LogP contribution in [0.1, 0.15) is 29.9 Å². The zero-order valence-electron chi connectivity index (χ0n) is 15.1. The van der Waals surface area contributed by atoms with Crippen LogP contribution >= 0.6 is 0 Å². The SMILES string of the molecule is CC(C)C(=O)c1nn(CC(O)COCc2ccccc2)c2ccccc12. The van der Waals surface area contributed by atoms with Gasteiger partial charge in [-0.15, -0.1) is 0 Å². The van der Waals surface area contributed by atoms with Gasteiger partial charge in [0.1, 0.15) is 5.69 Å². The van der Waals surface area contributed by atoms with E-state index in [2.05, 4.69) is 5.10 Å². The summed E-state index contributed by atoms with van der Waals surface area (Å²) in [6.45, 7) is 4.66. The predicted octanol–water partition coefficient (Wildman–Crippen LogP) is 3.45. The van der Waals surface area contributed by atoms with E-state index in [0.29, 0.717) is 12.3 Å². The molecule has 2 aromatic carbocycles. The lowest BCUT2D eigenvalue weighted by Crippen LogP contribution is -2.23. The number of para-hydroxylation sites is 1. The van der Waals surface area contributed by atoms with Crippen molar-refractivity contribution >= 4 is 16.7 Å². The largest absolute Gasteiger partial charge is 0.389 e. The number of ketones is 1. The number of fused-ring (bicyclic) bond motifs is 1. The standard InChI is InChI=1S/C21H24N2O3/c1-15(2)21(25)20-18-10-6-7-11-19(18)23(22-20)12-17(24)14-26-13-16-8-4-3-5-9-16/h3-11,15,17,24H,12-14H2,1-2H3. The first-order valence-corrected chi connectivity index (χ1v) is 8.85. The Morgan fingerprint density at radius 3 is 2.54 bits per heavy atom. The molecule has 3 rings (SSSR count). The molecule has 1 unspecified atom stereocenters. The van der Waals surface area contributed by atoms with Crippen molar-refractivity contribution in [1.82, 2.24) is 9.78 Å². The maximum absolute atomic E-state index is 12.4. The summed E-state index contributed by atoms with van der Waals surface area (Å²) in [5, 5.41) is 15.6. The van der Waals surface area contributed by atoms with Crippen molar-refractivity contribution in [2.75, 3.05) is 6.61 Å². The van der Waals surface area contributed by atoms with Crippen LogP contribution in [0.25, 0.3) is 10.9 Å². The second-order valence-electron chi connectivity index (χ2n) is 6.72. The topological polar surface area (TPSA) is 64.4 Å². The third-order valence-corrected chi connectivity index (χ3v) is 4.22. The average molecular weight is 352 g/mol. The van der Waals surface area contributed by atoms with Crippen LogP contribution in [0.15, 0.2) is 54.6 Å². The minimum absolute atomic E-state index is 0.00904. The number of carbonyl (C=O) groups is 1. The maximum Gasteiger partial charge on any atom is 0.186 e. The van der Waals surface area contributed by atoms with E-state index in [-0.39, 0.29) is 24.9 Å². The lowest BCUT2D eigenvalue weighted by Gasteiger charge is -2.12. The Morgan fingerprint density at radius 2 is 1.81 bits per heavy atom. The molecule has 0 spiro atoms. The summed E-state index contributed by atoms with van der Waals surface area (Å²) in [5.41, 5.74) is 2.38. The summed E-state index contributed by atoms with van der Waals surface area (Å²) in [6.07, 6.45) is -0.705. The van der Waals surface area contributed by atoms with Gasteiger partial charge in [0.2, 0.25) is 0 Å². The molecule has 5 heteroatoms. The molecule has 1 aromatic heterocycles. The zero-order chi connectivity index (χ0) is 18.5. The summed E-state index contributed by atoms with van der Waals surface area (Å²) < 4.78 is 7.30. The van der Waals surface area contributed by atoms with E-state index < -0.39 is 6.10 Å². The first-order valence-electron chi connectivity index (χ1n) is 8.85. The van der Waals surface area contributed by atoms with Crippen molar-refractivity contribution in [2.24, 2.45) is 5.92 Å². The number of hydrogen-bond acceptors (Lipinski definition) is 4. The van der Waals surface area contributed by atoms with Gasteiger partial charge < -0.3 is 9.84 Å². The average Bonchev–Trinajstić information content (AvgIpc) is 3.00. The summed E-state index contributed by atoms with van der Waals surface area (Å²) in [4.78, 5) is 12.4. The van der Waals surface area contributed by atoms with Gasteiger partial charge in [-0.3, -0.25) is 9.48 Å². The molecule has 26 heavy (non-hydrogen) atoms. The van der Waals surface area contributed by atoms with Gasteiger partial charge in [-0.2, -0.15) is 5.10 Å². The molecule has 0 aliphatic rings. The quantitative estimate of drug-likeness (QED) is 0.631.